The lowest BCUT2D eigenvalue weighted by molar-refractivity contribution is -0.115. The maximum atomic E-state index is 5.74. The van der Waals surface area contributed by atoms with Gasteiger partial charge in [-0.25, -0.2) is 0 Å². The van der Waals surface area contributed by atoms with Gasteiger partial charge in [-0.05, 0) is 17.2 Å². The number of hydrogen-bond donors (Lipinski definition) is 0. The lowest BCUT2D eigenvalue weighted by Crippen LogP contribution is -2.13. The van der Waals surface area contributed by atoms with Crippen LogP contribution in [0.1, 0.15) is 24.5 Å². The molecule has 104 valence electrons. The average Bonchev–Trinajstić information content (AvgIpc) is 2.52. The highest BCUT2D eigenvalue weighted by atomic mass is 16.7. The summed E-state index contributed by atoms with van der Waals surface area (Å²) in [6.45, 7) is 2.62. The quantitative estimate of drug-likeness (QED) is 0.538. The van der Waals surface area contributed by atoms with E-state index < -0.39 is 0 Å². The second kappa shape index (κ2) is 8.18. The number of benzene rings is 2. The van der Waals surface area contributed by atoms with Gasteiger partial charge in [0.05, 0.1) is 12.9 Å². The van der Waals surface area contributed by atoms with E-state index >= 15 is 0 Å². The Morgan fingerprint density at radius 2 is 1.60 bits per heavy atom. The van der Waals surface area contributed by atoms with Gasteiger partial charge in [0.2, 0.25) is 0 Å². The first kappa shape index (κ1) is 14.4. The molecule has 20 heavy (non-hydrogen) atoms. The molecule has 2 rings (SSSR count). The van der Waals surface area contributed by atoms with Crippen LogP contribution in [0.15, 0.2) is 66.9 Å². The fourth-order valence-electron chi connectivity index (χ4n) is 1.79. The molecule has 0 saturated heterocycles. The number of ether oxygens (including phenoxy) is 2. The van der Waals surface area contributed by atoms with Crippen LogP contribution in [-0.4, -0.2) is 6.29 Å². The summed E-state index contributed by atoms with van der Waals surface area (Å²) in [6.07, 6.45) is 4.24. The predicted octanol–water partition coefficient (Wildman–Crippen LogP) is 4.63. The van der Waals surface area contributed by atoms with Crippen LogP contribution in [0.2, 0.25) is 0 Å². The largest absolute Gasteiger partial charge is 0.473 e. The third-order valence-corrected chi connectivity index (χ3v) is 2.90. The molecule has 0 aliphatic rings. The van der Waals surface area contributed by atoms with Gasteiger partial charge >= 0.3 is 0 Å². The predicted molar refractivity (Wildman–Crippen MR) is 81.9 cm³/mol. The molecule has 0 radical (unpaired) electrons. The number of rotatable bonds is 7. The van der Waals surface area contributed by atoms with Crippen molar-refractivity contribution in [1.29, 1.82) is 0 Å². The van der Waals surface area contributed by atoms with Crippen molar-refractivity contribution in [3.8, 4) is 0 Å². The molecule has 0 aliphatic heterocycles. The summed E-state index contributed by atoms with van der Waals surface area (Å²) in [7, 11) is 0. The van der Waals surface area contributed by atoms with Crippen LogP contribution in [0.4, 0.5) is 0 Å². The highest BCUT2D eigenvalue weighted by molar-refractivity contribution is 5.47. The maximum absolute atomic E-state index is 5.74. The fourth-order valence-corrected chi connectivity index (χ4v) is 1.79. The van der Waals surface area contributed by atoms with Crippen LogP contribution in [-0.2, 0) is 16.1 Å². The van der Waals surface area contributed by atoms with Crippen molar-refractivity contribution in [2.45, 2.75) is 26.2 Å². The lowest BCUT2D eigenvalue weighted by atomic mass is 10.2. The maximum Gasteiger partial charge on any atom is 0.199 e. The highest BCUT2D eigenvalue weighted by Crippen LogP contribution is 2.08. The van der Waals surface area contributed by atoms with Crippen molar-refractivity contribution in [2.75, 3.05) is 0 Å². The zero-order valence-corrected chi connectivity index (χ0v) is 11.7. The fraction of sp³-hybridized carbons (Fsp3) is 0.222. The molecular weight excluding hydrogens is 248 g/mol. The summed E-state index contributed by atoms with van der Waals surface area (Å²) < 4.78 is 11.4. The monoisotopic (exact) mass is 268 g/mol. The molecule has 2 aromatic carbocycles. The third kappa shape index (κ3) is 4.90. The summed E-state index contributed by atoms with van der Waals surface area (Å²) in [5.74, 6) is 0. The van der Waals surface area contributed by atoms with Crippen molar-refractivity contribution >= 4 is 6.08 Å². The molecule has 0 N–H and O–H groups in total. The van der Waals surface area contributed by atoms with Crippen LogP contribution in [0.25, 0.3) is 6.08 Å². The first-order valence-corrected chi connectivity index (χ1v) is 6.91. The Hall–Kier alpha value is -2.06. The zero-order chi connectivity index (χ0) is 14.0. The van der Waals surface area contributed by atoms with Gasteiger partial charge in [0.15, 0.2) is 6.29 Å². The third-order valence-electron chi connectivity index (χ3n) is 2.90. The van der Waals surface area contributed by atoms with E-state index in [1.807, 2.05) is 73.7 Å². The Bertz CT molecular complexity index is 505. The molecule has 0 heterocycles. The van der Waals surface area contributed by atoms with E-state index in [1.165, 1.54) is 0 Å². The van der Waals surface area contributed by atoms with Crippen LogP contribution >= 0.6 is 0 Å². The van der Waals surface area contributed by atoms with Crippen molar-refractivity contribution in [3.05, 3.63) is 78.1 Å². The van der Waals surface area contributed by atoms with Crippen LogP contribution in [0.5, 0.6) is 0 Å². The van der Waals surface area contributed by atoms with Gasteiger partial charge in [0, 0.05) is 6.42 Å². The molecule has 0 fully saturated rings. The molecule has 0 amide bonds. The van der Waals surface area contributed by atoms with Gasteiger partial charge in [-0.3, -0.25) is 0 Å². The van der Waals surface area contributed by atoms with Gasteiger partial charge in [-0.1, -0.05) is 67.6 Å². The molecule has 0 aromatic heterocycles. The molecule has 0 aliphatic carbocycles. The van der Waals surface area contributed by atoms with Crippen molar-refractivity contribution < 1.29 is 9.47 Å². The van der Waals surface area contributed by atoms with Gasteiger partial charge in [-0.15, -0.1) is 0 Å². The molecule has 1 unspecified atom stereocenters. The van der Waals surface area contributed by atoms with E-state index in [2.05, 4.69) is 0 Å². The van der Waals surface area contributed by atoms with Crippen molar-refractivity contribution in [3.63, 3.8) is 0 Å². The molecule has 2 aromatic rings. The second-order valence-electron chi connectivity index (χ2n) is 4.48. The minimum atomic E-state index is -0.213. The van der Waals surface area contributed by atoms with E-state index in [0.717, 1.165) is 17.5 Å². The first-order valence-electron chi connectivity index (χ1n) is 6.91. The van der Waals surface area contributed by atoms with E-state index in [-0.39, 0.29) is 6.29 Å². The lowest BCUT2D eigenvalue weighted by Gasteiger charge is -2.15. The molecular formula is C18H20O2. The molecule has 2 nitrogen and oxygen atoms in total. The zero-order valence-electron chi connectivity index (χ0n) is 11.7. The summed E-state index contributed by atoms with van der Waals surface area (Å²) in [5, 5.41) is 0. The molecule has 1 atom stereocenters. The van der Waals surface area contributed by atoms with Gasteiger partial charge in [0.25, 0.3) is 0 Å². The normalized spacial score (nSPS) is 12.4. The summed E-state index contributed by atoms with van der Waals surface area (Å²) >= 11 is 0. The number of hydrogen-bond acceptors (Lipinski definition) is 2. The van der Waals surface area contributed by atoms with E-state index in [4.69, 9.17) is 9.47 Å². The Labute approximate surface area is 120 Å². The molecule has 0 spiro atoms. The molecule has 2 heteroatoms. The topological polar surface area (TPSA) is 18.5 Å². The van der Waals surface area contributed by atoms with Crippen LogP contribution in [0, 0.1) is 0 Å². The van der Waals surface area contributed by atoms with Gasteiger partial charge < -0.3 is 9.47 Å². The summed E-state index contributed by atoms with van der Waals surface area (Å²) in [4.78, 5) is 0. The summed E-state index contributed by atoms with van der Waals surface area (Å²) in [6, 6.07) is 20.2. The van der Waals surface area contributed by atoms with E-state index in [0.29, 0.717) is 6.61 Å². The highest BCUT2D eigenvalue weighted by Gasteiger charge is 2.05. The van der Waals surface area contributed by atoms with Crippen LogP contribution in [0.3, 0.4) is 0 Å². The van der Waals surface area contributed by atoms with Crippen LogP contribution < -0.4 is 0 Å². The molecule has 0 bridgehead atoms. The SMILES string of the molecule is CCC(OC=Cc1ccccc1)OCc1ccccc1. The second-order valence-corrected chi connectivity index (χ2v) is 4.48. The molecule has 0 saturated carbocycles. The Balaban J connectivity index is 1.79. The van der Waals surface area contributed by atoms with Crippen molar-refractivity contribution in [1.82, 2.24) is 0 Å². The van der Waals surface area contributed by atoms with Crippen molar-refractivity contribution in [2.24, 2.45) is 0 Å². The Morgan fingerprint density at radius 1 is 0.950 bits per heavy atom. The first-order chi connectivity index (χ1) is 9.88. The minimum absolute atomic E-state index is 0.213. The van der Waals surface area contributed by atoms with Gasteiger partial charge in [0.1, 0.15) is 0 Å². The van der Waals surface area contributed by atoms with E-state index in [1.54, 1.807) is 6.26 Å². The van der Waals surface area contributed by atoms with Gasteiger partial charge in [-0.2, -0.15) is 0 Å². The Morgan fingerprint density at radius 3 is 2.25 bits per heavy atom. The average molecular weight is 268 g/mol. The van der Waals surface area contributed by atoms with E-state index in [9.17, 15) is 0 Å². The smallest absolute Gasteiger partial charge is 0.199 e. The standard InChI is InChI=1S/C18H20O2/c1-2-18(20-15-17-11-7-4-8-12-17)19-14-13-16-9-5-3-6-10-16/h3-14,18H,2,15H2,1H3. The minimum Gasteiger partial charge on any atom is -0.473 e. The Kier molecular flexibility index (Phi) is 5.87. The summed E-state index contributed by atoms with van der Waals surface area (Å²) in [5.41, 5.74) is 2.27.